The molecular weight excluding hydrogens is 375 g/mol. The van der Waals surface area contributed by atoms with E-state index in [1.165, 1.54) is 6.07 Å². The molecule has 9 nitrogen and oxygen atoms in total. The molecule has 126 valence electrons. The predicted octanol–water partition coefficient (Wildman–Crippen LogP) is 0.148. The number of hydrogen-bond acceptors (Lipinski definition) is 6. The topological polar surface area (TPSA) is 155 Å². The van der Waals surface area contributed by atoms with Crippen molar-refractivity contribution in [3.8, 4) is 5.75 Å². The van der Waals surface area contributed by atoms with E-state index in [2.05, 4.69) is 0 Å². The van der Waals surface area contributed by atoms with E-state index < -0.39 is 42.6 Å². The predicted molar refractivity (Wildman–Crippen MR) is 83.9 cm³/mol. The first-order valence-electron chi connectivity index (χ1n) is 5.86. The molecule has 0 spiro atoms. The Labute approximate surface area is 159 Å². The monoisotopic (exact) mass is 386 g/mol. The van der Waals surface area contributed by atoms with Crippen LogP contribution in [-0.2, 0) is 25.0 Å². The van der Waals surface area contributed by atoms with E-state index in [1.807, 2.05) is 0 Å². The Bertz CT molecular complexity index is 991. The Morgan fingerprint density at radius 3 is 2.00 bits per heavy atom. The van der Waals surface area contributed by atoms with Gasteiger partial charge in [0.1, 0.15) is 5.75 Å². The summed E-state index contributed by atoms with van der Waals surface area (Å²) in [5.41, 5.74) is 0. The average molecular weight is 386 g/mol. The molecule has 2 aromatic rings. The second-order valence-corrected chi connectivity index (χ2v) is 7.28. The van der Waals surface area contributed by atoms with Crippen LogP contribution in [0.15, 0.2) is 40.1 Å². The number of carbonyl (C=O) groups is 1. The number of rotatable bonds is 5. The molecule has 0 bridgehead atoms. The number of hydrogen-bond donors (Lipinski definition) is 3. The Balaban J connectivity index is 0.00000288. The minimum absolute atomic E-state index is 0. The Kier molecular flexibility index (Phi) is 6.38. The molecule has 0 aliphatic carbocycles. The minimum atomic E-state index is -4.64. The fraction of sp³-hybridized carbons (Fsp3) is 0.0833. The molecule has 0 unspecified atom stereocenters. The van der Waals surface area contributed by atoms with Crippen molar-refractivity contribution < 1.29 is 40.6 Å². The Morgan fingerprint density at radius 1 is 0.958 bits per heavy atom. The summed E-state index contributed by atoms with van der Waals surface area (Å²) in [6.45, 7) is -0.774. The zero-order valence-electron chi connectivity index (χ0n) is 11.2. The summed E-state index contributed by atoms with van der Waals surface area (Å²) < 4.78 is 67.9. The summed E-state index contributed by atoms with van der Waals surface area (Å²) in [6.07, 6.45) is 0. The summed E-state index contributed by atoms with van der Waals surface area (Å²) in [5.74, 6) is -1.50. The summed E-state index contributed by atoms with van der Waals surface area (Å²) in [6, 6.07) is 5.09. The van der Waals surface area contributed by atoms with E-state index in [9.17, 15) is 21.6 Å². The molecule has 0 heterocycles. The van der Waals surface area contributed by atoms with Crippen LogP contribution in [0.4, 0.5) is 0 Å². The van der Waals surface area contributed by atoms with Crippen molar-refractivity contribution in [2.45, 2.75) is 9.79 Å². The number of fused-ring (bicyclic) bond motifs is 1. The van der Waals surface area contributed by atoms with E-state index in [-0.39, 0.29) is 46.1 Å². The molecule has 0 saturated carbocycles. The van der Waals surface area contributed by atoms with Gasteiger partial charge in [-0.25, -0.2) is 4.79 Å². The van der Waals surface area contributed by atoms with Crippen molar-refractivity contribution in [3.63, 3.8) is 0 Å². The van der Waals surface area contributed by atoms with Crippen molar-refractivity contribution in [1.82, 2.24) is 0 Å². The fourth-order valence-corrected chi connectivity index (χ4v) is 2.90. The third-order valence-electron chi connectivity index (χ3n) is 2.81. The average Bonchev–Trinajstić information content (AvgIpc) is 2.41. The maximum atomic E-state index is 11.3. The van der Waals surface area contributed by atoms with Gasteiger partial charge in [-0.15, -0.1) is 0 Å². The number of benzene rings is 2. The Morgan fingerprint density at radius 2 is 1.50 bits per heavy atom. The molecule has 2 rings (SSSR count). The Hall–Kier alpha value is -1.21. The van der Waals surface area contributed by atoms with E-state index in [0.29, 0.717) is 0 Å². The molecule has 0 fully saturated rings. The molecule has 0 atom stereocenters. The zero-order chi connectivity index (χ0) is 17.4. The van der Waals surface area contributed by atoms with Crippen molar-refractivity contribution >= 4 is 66.5 Å². The van der Waals surface area contributed by atoms with E-state index in [1.54, 1.807) is 0 Å². The molecule has 0 saturated heterocycles. The van der Waals surface area contributed by atoms with Crippen molar-refractivity contribution in [1.29, 1.82) is 0 Å². The third kappa shape index (κ3) is 4.89. The van der Waals surface area contributed by atoms with Crippen LogP contribution in [0.25, 0.3) is 10.8 Å². The van der Waals surface area contributed by atoms with Gasteiger partial charge in [0.25, 0.3) is 20.2 Å². The normalized spacial score (nSPS) is 11.8. The quantitative estimate of drug-likeness (QED) is 0.481. The summed E-state index contributed by atoms with van der Waals surface area (Å²) in [5, 5.41) is 8.83. The number of aliphatic carboxylic acids is 1. The standard InChI is InChI=1S/C12H10O9S2.Na.H/c13-12(14)6-21-11-5-9(23(18,19)20)4-7-3-8(22(15,16)17)1-2-10(7)11;;/h1-5H,6H2,(H,13,14)(H,15,16,17)(H,18,19,20);;. The van der Waals surface area contributed by atoms with E-state index >= 15 is 0 Å². The second-order valence-electron chi connectivity index (χ2n) is 4.44. The maximum absolute atomic E-state index is 11.3. The van der Waals surface area contributed by atoms with Crippen LogP contribution < -0.4 is 4.74 Å². The van der Waals surface area contributed by atoms with Crippen LogP contribution in [0.3, 0.4) is 0 Å². The summed E-state index contributed by atoms with van der Waals surface area (Å²) in [4.78, 5) is 9.46. The molecule has 2 aromatic carbocycles. The second kappa shape index (κ2) is 7.35. The third-order valence-corrected chi connectivity index (χ3v) is 4.49. The first kappa shape index (κ1) is 20.8. The van der Waals surface area contributed by atoms with E-state index in [4.69, 9.17) is 18.9 Å². The zero-order valence-corrected chi connectivity index (χ0v) is 12.8. The molecule has 3 N–H and O–H groups in total. The van der Waals surface area contributed by atoms with Crippen molar-refractivity contribution in [3.05, 3.63) is 30.3 Å². The SMILES string of the molecule is O=C(O)COc1cc(S(=O)(=O)O)cc2cc(S(=O)(=O)O)ccc12.[NaH]. The molecule has 0 aliphatic rings. The van der Waals surface area contributed by atoms with Crippen molar-refractivity contribution in [2.75, 3.05) is 6.61 Å². The first-order chi connectivity index (χ1) is 10.5. The number of carboxylic acid groups (broad SMARTS) is 1. The van der Waals surface area contributed by atoms with Gasteiger partial charge in [0.05, 0.1) is 9.79 Å². The van der Waals surface area contributed by atoms with Gasteiger partial charge in [0, 0.05) is 11.5 Å². The van der Waals surface area contributed by atoms with Gasteiger partial charge in [-0.1, -0.05) is 0 Å². The molecule has 0 aromatic heterocycles. The van der Waals surface area contributed by atoms with Crippen LogP contribution in [0.2, 0.25) is 0 Å². The van der Waals surface area contributed by atoms with Gasteiger partial charge in [0.2, 0.25) is 0 Å². The van der Waals surface area contributed by atoms with Crippen LogP contribution in [0.1, 0.15) is 0 Å². The van der Waals surface area contributed by atoms with Crippen LogP contribution in [0, 0.1) is 0 Å². The fourth-order valence-electron chi connectivity index (χ4n) is 1.85. The van der Waals surface area contributed by atoms with Gasteiger partial charge < -0.3 is 9.84 Å². The molecule has 0 aliphatic heterocycles. The molecule has 24 heavy (non-hydrogen) atoms. The summed E-state index contributed by atoms with van der Waals surface area (Å²) >= 11 is 0. The number of ether oxygens (including phenoxy) is 1. The van der Waals surface area contributed by atoms with Gasteiger partial charge in [-0.3, -0.25) is 9.11 Å². The van der Waals surface area contributed by atoms with Crippen LogP contribution in [-0.4, -0.2) is 73.2 Å². The van der Waals surface area contributed by atoms with Gasteiger partial charge >= 0.3 is 35.5 Å². The molecule has 0 amide bonds. The molecule has 0 radical (unpaired) electrons. The van der Waals surface area contributed by atoms with Crippen LogP contribution >= 0.6 is 0 Å². The van der Waals surface area contributed by atoms with E-state index in [0.717, 1.165) is 24.3 Å². The first-order valence-corrected chi connectivity index (χ1v) is 8.74. The van der Waals surface area contributed by atoms with Gasteiger partial charge in [-0.2, -0.15) is 16.8 Å². The summed E-state index contributed by atoms with van der Waals surface area (Å²) in [7, 11) is -9.17. The molecular formula is C12H11NaO9S2. The molecule has 12 heteroatoms. The van der Waals surface area contributed by atoms with Gasteiger partial charge in [-0.05, 0) is 29.7 Å². The number of carboxylic acids is 1. The van der Waals surface area contributed by atoms with Crippen molar-refractivity contribution in [2.24, 2.45) is 0 Å². The van der Waals surface area contributed by atoms with Crippen LogP contribution in [0.5, 0.6) is 5.75 Å². The van der Waals surface area contributed by atoms with Gasteiger partial charge in [0.15, 0.2) is 6.61 Å².